The predicted octanol–water partition coefficient (Wildman–Crippen LogP) is 2.86. The average Bonchev–Trinajstić information content (AvgIpc) is 3.31. The van der Waals surface area contributed by atoms with Gasteiger partial charge in [0.2, 0.25) is 0 Å². The number of benzene rings is 2. The molecule has 0 aliphatic carbocycles. The number of fused-ring (bicyclic) bond motifs is 1. The zero-order chi connectivity index (χ0) is 19.0. The Morgan fingerprint density at radius 2 is 1.96 bits per heavy atom. The van der Waals surface area contributed by atoms with Crippen molar-refractivity contribution in [1.29, 1.82) is 0 Å². The molecule has 1 unspecified atom stereocenters. The molecule has 2 aliphatic heterocycles. The van der Waals surface area contributed by atoms with Crippen molar-refractivity contribution in [3.05, 3.63) is 53.6 Å². The summed E-state index contributed by atoms with van der Waals surface area (Å²) in [5.74, 6) is -0.0372. The molecule has 1 fully saturated rings. The van der Waals surface area contributed by atoms with Gasteiger partial charge in [0, 0.05) is 18.8 Å². The van der Waals surface area contributed by atoms with Crippen molar-refractivity contribution < 1.29 is 17.9 Å². The summed E-state index contributed by atoms with van der Waals surface area (Å²) >= 11 is 0. The maximum atomic E-state index is 12.7. The van der Waals surface area contributed by atoms with E-state index in [1.165, 1.54) is 0 Å². The molecule has 2 aromatic rings. The summed E-state index contributed by atoms with van der Waals surface area (Å²) in [6.07, 6.45) is 2.01. The number of anilines is 2. The van der Waals surface area contributed by atoms with Gasteiger partial charge in [-0.05, 0) is 56.0 Å². The topological polar surface area (TPSA) is 75.7 Å². The van der Waals surface area contributed by atoms with Gasteiger partial charge in [-0.25, -0.2) is 8.42 Å². The lowest BCUT2D eigenvalue weighted by atomic mass is 10.1. The van der Waals surface area contributed by atoms with E-state index in [2.05, 4.69) is 4.72 Å². The van der Waals surface area contributed by atoms with E-state index in [9.17, 15) is 13.2 Å². The zero-order valence-corrected chi connectivity index (χ0v) is 16.0. The standard InChI is InChI=1S/C20H22N2O4S/c1-14-4-8-17(9-5-14)27(24,25)21-16-7-6-15-10-11-22(18(15)13-16)20(23)19-3-2-12-26-19/h4-9,13,19,21H,2-3,10-12H2,1H3. The summed E-state index contributed by atoms with van der Waals surface area (Å²) < 4.78 is 33.4. The molecule has 1 amide bonds. The van der Waals surface area contributed by atoms with Gasteiger partial charge < -0.3 is 9.64 Å². The highest BCUT2D eigenvalue weighted by Gasteiger charge is 2.33. The van der Waals surface area contributed by atoms with Crippen molar-refractivity contribution in [3.8, 4) is 0 Å². The molecule has 0 saturated carbocycles. The van der Waals surface area contributed by atoms with Crippen LogP contribution < -0.4 is 9.62 Å². The number of sulfonamides is 1. The SMILES string of the molecule is Cc1ccc(S(=O)(=O)Nc2ccc3c(c2)N(C(=O)C2CCCO2)CC3)cc1. The minimum Gasteiger partial charge on any atom is -0.368 e. The largest absolute Gasteiger partial charge is 0.368 e. The van der Waals surface area contributed by atoms with Gasteiger partial charge >= 0.3 is 0 Å². The van der Waals surface area contributed by atoms with Gasteiger partial charge in [0.15, 0.2) is 0 Å². The van der Waals surface area contributed by atoms with E-state index < -0.39 is 10.0 Å². The lowest BCUT2D eigenvalue weighted by Gasteiger charge is -2.21. The Balaban J connectivity index is 1.58. The van der Waals surface area contributed by atoms with Crippen LogP contribution in [0.2, 0.25) is 0 Å². The van der Waals surface area contributed by atoms with E-state index in [0.29, 0.717) is 18.8 Å². The number of rotatable bonds is 4. The molecule has 1 saturated heterocycles. The average molecular weight is 386 g/mol. The van der Waals surface area contributed by atoms with Gasteiger partial charge in [-0.1, -0.05) is 23.8 Å². The Morgan fingerprint density at radius 3 is 2.67 bits per heavy atom. The summed E-state index contributed by atoms with van der Waals surface area (Å²) in [5.41, 5.74) is 3.25. The van der Waals surface area contributed by atoms with E-state index in [4.69, 9.17) is 4.74 Å². The number of amides is 1. The molecule has 0 radical (unpaired) electrons. The highest BCUT2D eigenvalue weighted by molar-refractivity contribution is 7.92. The Morgan fingerprint density at radius 1 is 1.19 bits per heavy atom. The first-order valence-corrected chi connectivity index (χ1v) is 10.6. The summed E-state index contributed by atoms with van der Waals surface area (Å²) in [6.45, 7) is 3.12. The number of hydrogen-bond donors (Lipinski definition) is 1. The third-order valence-electron chi connectivity index (χ3n) is 5.04. The molecule has 2 aliphatic rings. The van der Waals surface area contributed by atoms with E-state index in [1.54, 1.807) is 41.3 Å². The second-order valence-electron chi connectivity index (χ2n) is 7.00. The molecule has 142 valence electrons. The molecule has 27 heavy (non-hydrogen) atoms. The molecule has 1 atom stereocenters. The van der Waals surface area contributed by atoms with Crippen LogP contribution >= 0.6 is 0 Å². The Bertz CT molecular complexity index is 964. The smallest absolute Gasteiger partial charge is 0.261 e. The number of aryl methyl sites for hydroxylation is 1. The molecular weight excluding hydrogens is 364 g/mol. The number of hydrogen-bond acceptors (Lipinski definition) is 4. The third kappa shape index (κ3) is 3.57. The monoisotopic (exact) mass is 386 g/mol. The Labute approximate surface area is 159 Å². The van der Waals surface area contributed by atoms with Gasteiger partial charge in [-0.15, -0.1) is 0 Å². The minimum atomic E-state index is -3.68. The molecule has 2 aromatic carbocycles. The fourth-order valence-electron chi connectivity index (χ4n) is 3.55. The molecule has 0 spiro atoms. The molecule has 0 bridgehead atoms. The van der Waals surface area contributed by atoms with Crippen LogP contribution in [0.4, 0.5) is 11.4 Å². The van der Waals surface area contributed by atoms with Gasteiger partial charge in [0.1, 0.15) is 6.10 Å². The molecule has 7 heteroatoms. The maximum absolute atomic E-state index is 12.7. The summed E-state index contributed by atoms with van der Waals surface area (Å²) in [5, 5.41) is 0. The van der Waals surface area contributed by atoms with E-state index in [1.807, 2.05) is 13.0 Å². The summed E-state index contributed by atoms with van der Waals surface area (Å²) in [4.78, 5) is 14.6. The van der Waals surface area contributed by atoms with Crippen molar-refractivity contribution >= 4 is 27.3 Å². The lowest BCUT2D eigenvalue weighted by Crippen LogP contribution is -2.37. The molecule has 2 heterocycles. The molecule has 4 rings (SSSR count). The second-order valence-corrected chi connectivity index (χ2v) is 8.69. The number of nitrogens with zero attached hydrogens (tertiary/aromatic N) is 1. The van der Waals surface area contributed by atoms with Crippen molar-refractivity contribution in [1.82, 2.24) is 0 Å². The first-order valence-electron chi connectivity index (χ1n) is 9.09. The fraction of sp³-hybridized carbons (Fsp3) is 0.350. The summed E-state index contributed by atoms with van der Waals surface area (Å²) in [7, 11) is -3.68. The molecule has 1 N–H and O–H groups in total. The van der Waals surface area contributed by atoms with E-state index in [-0.39, 0.29) is 16.9 Å². The van der Waals surface area contributed by atoms with E-state index >= 15 is 0 Å². The van der Waals surface area contributed by atoms with Crippen LogP contribution in [-0.4, -0.2) is 33.6 Å². The van der Waals surface area contributed by atoms with Crippen LogP contribution in [0.25, 0.3) is 0 Å². The van der Waals surface area contributed by atoms with E-state index in [0.717, 1.165) is 36.1 Å². The Kier molecular flexibility index (Phi) is 4.65. The van der Waals surface area contributed by atoms with Gasteiger partial charge in [-0.2, -0.15) is 0 Å². The summed E-state index contributed by atoms with van der Waals surface area (Å²) in [6, 6.07) is 12.0. The van der Waals surface area contributed by atoms with Crippen LogP contribution in [0.1, 0.15) is 24.0 Å². The molecule has 0 aromatic heterocycles. The molecule has 6 nitrogen and oxygen atoms in total. The highest BCUT2D eigenvalue weighted by Crippen LogP contribution is 2.33. The fourth-order valence-corrected chi connectivity index (χ4v) is 4.60. The van der Waals surface area contributed by atoms with Crippen LogP contribution in [0.15, 0.2) is 47.4 Å². The first-order chi connectivity index (χ1) is 12.9. The van der Waals surface area contributed by atoms with Gasteiger partial charge in [-0.3, -0.25) is 9.52 Å². The van der Waals surface area contributed by atoms with Crippen molar-refractivity contribution in [2.24, 2.45) is 0 Å². The van der Waals surface area contributed by atoms with Crippen LogP contribution in [0.5, 0.6) is 0 Å². The highest BCUT2D eigenvalue weighted by atomic mass is 32.2. The van der Waals surface area contributed by atoms with Crippen LogP contribution in [-0.2, 0) is 26.0 Å². The number of nitrogens with one attached hydrogen (secondary N) is 1. The quantitative estimate of drug-likeness (QED) is 0.877. The van der Waals surface area contributed by atoms with Gasteiger partial charge in [0.25, 0.3) is 15.9 Å². The second kappa shape index (κ2) is 6.98. The molecular formula is C20H22N2O4S. The maximum Gasteiger partial charge on any atom is 0.261 e. The number of carbonyl (C=O) groups is 1. The number of carbonyl (C=O) groups excluding carboxylic acids is 1. The first kappa shape index (κ1) is 18.0. The van der Waals surface area contributed by atoms with Crippen molar-refractivity contribution in [3.63, 3.8) is 0 Å². The van der Waals surface area contributed by atoms with Crippen LogP contribution in [0, 0.1) is 6.92 Å². The van der Waals surface area contributed by atoms with Crippen molar-refractivity contribution in [2.45, 2.75) is 37.2 Å². The third-order valence-corrected chi connectivity index (χ3v) is 6.43. The van der Waals surface area contributed by atoms with Crippen LogP contribution in [0.3, 0.4) is 0 Å². The Hall–Kier alpha value is -2.38. The predicted molar refractivity (Wildman–Crippen MR) is 103 cm³/mol. The zero-order valence-electron chi connectivity index (χ0n) is 15.1. The normalized spacial score (nSPS) is 19.1. The van der Waals surface area contributed by atoms with Gasteiger partial charge in [0.05, 0.1) is 10.6 Å². The van der Waals surface area contributed by atoms with Crippen molar-refractivity contribution in [2.75, 3.05) is 22.8 Å². The number of ether oxygens (including phenoxy) is 1. The minimum absolute atomic E-state index is 0.0372. The lowest BCUT2D eigenvalue weighted by molar-refractivity contribution is -0.127.